The number of halogens is 2. The second kappa shape index (κ2) is 4.53. The molecule has 1 aromatic carbocycles. The standard InChI is InChI=1S/C9H6F2NO2/c10-9(11)14-8-3-1-2-6(5-13)7(8)4-12/h1-3,5,9,13H. The zero-order chi connectivity index (χ0) is 10.6. The molecule has 0 atom stereocenters. The van der Waals surface area contributed by atoms with E-state index in [1.54, 1.807) is 6.07 Å². The zero-order valence-electron chi connectivity index (χ0n) is 6.95. The summed E-state index contributed by atoms with van der Waals surface area (Å²) >= 11 is 0. The molecule has 1 radical (unpaired) electrons. The van der Waals surface area contributed by atoms with Gasteiger partial charge in [-0.15, -0.1) is 0 Å². The lowest BCUT2D eigenvalue weighted by atomic mass is 10.1. The molecule has 0 saturated heterocycles. The number of aliphatic hydroxyl groups excluding tert-OH is 1. The second-order valence-electron chi connectivity index (χ2n) is 2.34. The Bertz CT molecular complexity index is 360. The topological polar surface area (TPSA) is 53.2 Å². The molecule has 0 aromatic heterocycles. The maximum atomic E-state index is 11.9. The van der Waals surface area contributed by atoms with Crippen LogP contribution in [0.25, 0.3) is 0 Å². The van der Waals surface area contributed by atoms with Crippen LogP contribution < -0.4 is 4.74 Å². The fraction of sp³-hybridized carbons (Fsp3) is 0.111. The number of hydrogen-bond donors (Lipinski definition) is 1. The zero-order valence-corrected chi connectivity index (χ0v) is 6.95. The van der Waals surface area contributed by atoms with Gasteiger partial charge in [0.1, 0.15) is 24.0 Å². The van der Waals surface area contributed by atoms with Gasteiger partial charge in [-0.05, 0) is 6.07 Å². The van der Waals surface area contributed by atoms with E-state index in [1.807, 2.05) is 0 Å². The van der Waals surface area contributed by atoms with Crippen molar-refractivity contribution in [3.63, 3.8) is 0 Å². The van der Waals surface area contributed by atoms with Crippen LogP contribution in [0, 0.1) is 17.9 Å². The van der Waals surface area contributed by atoms with Crippen LogP contribution in [-0.4, -0.2) is 11.7 Å². The lowest BCUT2D eigenvalue weighted by Gasteiger charge is -2.07. The summed E-state index contributed by atoms with van der Waals surface area (Å²) in [6.07, 6.45) is 0. The van der Waals surface area contributed by atoms with E-state index in [-0.39, 0.29) is 16.9 Å². The average Bonchev–Trinajstić information content (AvgIpc) is 2.16. The second-order valence-corrected chi connectivity index (χ2v) is 2.34. The van der Waals surface area contributed by atoms with E-state index in [2.05, 4.69) is 4.74 Å². The maximum absolute atomic E-state index is 11.9. The maximum Gasteiger partial charge on any atom is 0.387 e. The van der Waals surface area contributed by atoms with Crippen LogP contribution in [-0.2, 0) is 0 Å². The molecule has 0 aliphatic rings. The van der Waals surface area contributed by atoms with Crippen molar-refractivity contribution in [2.24, 2.45) is 0 Å². The molecule has 0 unspecified atom stereocenters. The highest BCUT2D eigenvalue weighted by atomic mass is 19.3. The van der Waals surface area contributed by atoms with Gasteiger partial charge in [0.25, 0.3) is 0 Å². The van der Waals surface area contributed by atoms with E-state index in [0.717, 1.165) is 0 Å². The molecule has 0 amide bonds. The Balaban J connectivity index is 3.10. The third kappa shape index (κ3) is 2.18. The minimum absolute atomic E-state index is 0.115. The van der Waals surface area contributed by atoms with Crippen molar-refractivity contribution >= 4 is 0 Å². The monoisotopic (exact) mass is 198 g/mol. The minimum atomic E-state index is -2.99. The smallest absolute Gasteiger partial charge is 0.387 e. The fourth-order valence-corrected chi connectivity index (χ4v) is 0.970. The van der Waals surface area contributed by atoms with Gasteiger partial charge in [-0.25, -0.2) is 0 Å². The Hall–Kier alpha value is -1.67. The van der Waals surface area contributed by atoms with Crippen molar-refractivity contribution in [2.75, 3.05) is 0 Å². The third-order valence-electron chi connectivity index (χ3n) is 1.53. The lowest BCUT2D eigenvalue weighted by Crippen LogP contribution is -2.04. The summed E-state index contributed by atoms with van der Waals surface area (Å²) in [7, 11) is 0. The van der Waals surface area contributed by atoms with Crippen LogP contribution in [0.15, 0.2) is 18.2 Å². The molecule has 1 rings (SSSR count). The molecule has 0 heterocycles. The van der Waals surface area contributed by atoms with Crippen LogP contribution in [0.4, 0.5) is 8.78 Å². The van der Waals surface area contributed by atoms with Gasteiger partial charge in [0.15, 0.2) is 0 Å². The fourth-order valence-electron chi connectivity index (χ4n) is 0.970. The normalized spacial score (nSPS) is 9.93. The number of benzene rings is 1. The van der Waals surface area contributed by atoms with Crippen molar-refractivity contribution in [2.45, 2.75) is 6.61 Å². The van der Waals surface area contributed by atoms with Crippen LogP contribution in [0.3, 0.4) is 0 Å². The molecule has 0 bridgehead atoms. The molecule has 1 aromatic rings. The van der Waals surface area contributed by atoms with Gasteiger partial charge in [0, 0.05) is 5.56 Å². The van der Waals surface area contributed by atoms with Gasteiger partial charge in [-0.1, -0.05) is 12.1 Å². The van der Waals surface area contributed by atoms with Crippen LogP contribution in [0.1, 0.15) is 11.1 Å². The summed E-state index contributed by atoms with van der Waals surface area (Å²) in [6.45, 7) is -2.33. The van der Waals surface area contributed by atoms with E-state index in [4.69, 9.17) is 10.4 Å². The number of alkyl halides is 2. The van der Waals surface area contributed by atoms with Crippen molar-refractivity contribution in [3.05, 3.63) is 35.9 Å². The molecular formula is C9H6F2NO2. The molecule has 0 aliphatic carbocycles. The van der Waals surface area contributed by atoms with Gasteiger partial charge in [-0.3, -0.25) is 0 Å². The highest BCUT2D eigenvalue weighted by Crippen LogP contribution is 2.23. The summed E-state index contributed by atoms with van der Waals surface area (Å²) in [6, 6.07) is 5.72. The number of nitrogens with zero attached hydrogens (tertiary/aromatic N) is 1. The van der Waals surface area contributed by atoms with Gasteiger partial charge in [0.2, 0.25) is 0 Å². The number of aliphatic hydroxyl groups is 1. The summed E-state index contributed by atoms with van der Waals surface area (Å²) < 4.78 is 27.8. The van der Waals surface area contributed by atoms with Crippen molar-refractivity contribution in [1.82, 2.24) is 0 Å². The molecule has 0 aliphatic heterocycles. The van der Waals surface area contributed by atoms with Crippen LogP contribution >= 0.6 is 0 Å². The van der Waals surface area contributed by atoms with Crippen molar-refractivity contribution < 1.29 is 18.6 Å². The number of hydrogen-bond acceptors (Lipinski definition) is 3. The first-order chi connectivity index (χ1) is 6.69. The molecule has 0 saturated carbocycles. The van der Waals surface area contributed by atoms with Gasteiger partial charge in [0.05, 0.1) is 0 Å². The van der Waals surface area contributed by atoms with E-state index >= 15 is 0 Å². The predicted octanol–water partition coefficient (Wildman–Crippen LogP) is 2.04. The Morgan fingerprint density at radius 1 is 1.50 bits per heavy atom. The van der Waals surface area contributed by atoms with Crippen molar-refractivity contribution in [3.8, 4) is 11.8 Å². The summed E-state index contributed by atoms with van der Waals surface area (Å²) in [4.78, 5) is 0. The van der Waals surface area contributed by atoms with E-state index in [9.17, 15) is 8.78 Å². The van der Waals surface area contributed by atoms with Gasteiger partial charge < -0.3 is 9.84 Å². The first-order valence-corrected chi connectivity index (χ1v) is 3.64. The molecule has 0 spiro atoms. The summed E-state index contributed by atoms with van der Waals surface area (Å²) in [5.41, 5.74) is 0.0287. The molecule has 73 valence electrons. The molecule has 5 heteroatoms. The van der Waals surface area contributed by atoms with Gasteiger partial charge in [-0.2, -0.15) is 14.0 Å². The predicted molar refractivity (Wildman–Crippen MR) is 43.1 cm³/mol. The Labute approximate surface area is 79.2 Å². The van der Waals surface area contributed by atoms with Crippen LogP contribution in [0.5, 0.6) is 5.75 Å². The Morgan fingerprint density at radius 2 is 2.21 bits per heavy atom. The first kappa shape index (κ1) is 10.4. The SMILES string of the molecule is N#Cc1c([CH]O)cccc1OC(F)F. The van der Waals surface area contributed by atoms with E-state index in [0.29, 0.717) is 6.61 Å². The summed E-state index contributed by atoms with van der Waals surface area (Å²) in [5, 5.41) is 17.3. The Kier molecular flexibility index (Phi) is 3.37. The number of nitriles is 1. The summed E-state index contributed by atoms with van der Waals surface area (Å²) in [5.74, 6) is -0.245. The molecular weight excluding hydrogens is 192 g/mol. The van der Waals surface area contributed by atoms with Crippen LogP contribution in [0.2, 0.25) is 0 Å². The quantitative estimate of drug-likeness (QED) is 0.808. The number of ether oxygens (including phenoxy) is 1. The first-order valence-electron chi connectivity index (χ1n) is 3.64. The minimum Gasteiger partial charge on any atom is -0.433 e. The molecule has 14 heavy (non-hydrogen) atoms. The highest BCUT2D eigenvalue weighted by molar-refractivity contribution is 5.50. The highest BCUT2D eigenvalue weighted by Gasteiger charge is 2.12. The molecule has 3 nitrogen and oxygen atoms in total. The lowest BCUT2D eigenvalue weighted by molar-refractivity contribution is -0.0500. The van der Waals surface area contributed by atoms with Gasteiger partial charge >= 0.3 is 6.61 Å². The van der Waals surface area contributed by atoms with E-state index < -0.39 is 6.61 Å². The third-order valence-corrected chi connectivity index (χ3v) is 1.53. The molecule has 1 N–H and O–H groups in total. The van der Waals surface area contributed by atoms with Crippen molar-refractivity contribution in [1.29, 1.82) is 5.26 Å². The largest absolute Gasteiger partial charge is 0.433 e. The average molecular weight is 198 g/mol. The molecule has 0 fully saturated rings. The Morgan fingerprint density at radius 3 is 2.71 bits per heavy atom. The number of rotatable bonds is 3. The van der Waals surface area contributed by atoms with E-state index in [1.165, 1.54) is 18.2 Å².